The number of carbonyl (C=O) groups excluding carboxylic acids is 2. The number of nitrogens with zero attached hydrogens (tertiary/aromatic N) is 7. The number of anilines is 1. The Morgan fingerprint density at radius 1 is 1.03 bits per heavy atom. The minimum Gasteiger partial charge on any atom is -0.337 e. The van der Waals surface area contributed by atoms with Crippen molar-refractivity contribution in [2.45, 2.75) is 18.4 Å². The van der Waals surface area contributed by atoms with Crippen molar-refractivity contribution < 1.29 is 27.2 Å². The number of alkyl halides is 2. The van der Waals surface area contributed by atoms with Gasteiger partial charge in [-0.15, -0.1) is 9.24 Å². The topological polar surface area (TPSA) is 85.2 Å². The van der Waals surface area contributed by atoms with Gasteiger partial charge >= 0.3 is 6.03 Å². The molecule has 0 radical (unpaired) electrons. The number of urea groups is 1. The van der Waals surface area contributed by atoms with Crippen molar-refractivity contribution in [1.29, 1.82) is 0 Å². The highest BCUT2D eigenvalue weighted by Crippen LogP contribution is 2.31. The second kappa shape index (κ2) is 9.27. The standard InChI is InChI=1S/C22H22F4N7O2P/c23-14-7-13(8-15(36)9-14)17-1-2-28-33(17)21(35)31-5-3-30(4-6-31)20-27-10-16(24)18(29-20)19(34)32-11-22(25,26)12-32/h2,7-10,17H,1,3-6,11-12,36H2. The van der Waals surface area contributed by atoms with Gasteiger partial charge in [-0.25, -0.2) is 37.3 Å². The summed E-state index contributed by atoms with van der Waals surface area (Å²) in [7, 11) is 2.44. The van der Waals surface area contributed by atoms with Crippen LogP contribution in [0.5, 0.6) is 0 Å². The number of halogens is 4. The number of hydrogen-bond acceptors (Lipinski definition) is 6. The van der Waals surface area contributed by atoms with Crippen molar-refractivity contribution in [2.75, 3.05) is 44.2 Å². The summed E-state index contributed by atoms with van der Waals surface area (Å²) in [6.07, 6.45) is 2.92. The lowest BCUT2D eigenvalue weighted by Crippen LogP contribution is -2.58. The molecule has 0 bridgehead atoms. The number of hydrogen-bond donors (Lipinski definition) is 0. The van der Waals surface area contributed by atoms with E-state index in [0.717, 1.165) is 11.1 Å². The molecule has 3 amide bonds. The summed E-state index contributed by atoms with van der Waals surface area (Å²) < 4.78 is 54.3. The number of rotatable bonds is 3. The molecule has 3 aliphatic rings. The summed E-state index contributed by atoms with van der Waals surface area (Å²) in [4.78, 5) is 37.6. The van der Waals surface area contributed by atoms with E-state index < -0.39 is 48.3 Å². The van der Waals surface area contributed by atoms with Gasteiger partial charge < -0.3 is 14.7 Å². The Morgan fingerprint density at radius 2 is 1.75 bits per heavy atom. The molecule has 0 aliphatic carbocycles. The number of piperazine rings is 1. The van der Waals surface area contributed by atoms with Crippen molar-refractivity contribution in [3.63, 3.8) is 0 Å². The monoisotopic (exact) mass is 523 g/mol. The molecule has 1 aromatic heterocycles. The molecule has 0 N–H and O–H groups in total. The smallest absolute Gasteiger partial charge is 0.337 e. The Balaban J connectivity index is 1.24. The van der Waals surface area contributed by atoms with Gasteiger partial charge in [-0.3, -0.25) is 4.79 Å². The molecule has 2 unspecified atom stereocenters. The Labute approximate surface area is 206 Å². The Hall–Kier alpha value is -3.34. The normalized spacial score (nSPS) is 21.1. The van der Waals surface area contributed by atoms with E-state index in [0.29, 0.717) is 30.4 Å². The summed E-state index contributed by atoms with van der Waals surface area (Å²) in [5, 5.41) is 6.20. The Morgan fingerprint density at radius 3 is 2.42 bits per heavy atom. The molecular formula is C22H22F4N7O2P. The predicted octanol–water partition coefficient (Wildman–Crippen LogP) is 2.02. The van der Waals surface area contributed by atoms with Crippen LogP contribution in [0.25, 0.3) is 0 Å². The molecule has 2 saturated heterocycles. The van der Waals surface area contributed by atoms with Crippen molar-refractivity contribution in [1.82, 2.24) is 24.8 Å². The molecule has 4 heterocycles. The maximum absolute atomic E-state index is 14.2. The molecule has 14 heteroatoms. The summed E-state index contributed by atoms with van der Waals surface area (Å²) >= 11 is 0. The van der Waals surface area contributed by atoms with Crippen LogP contribution in [0, 0.1) is 11.6 Å². The van der Waals surface area contributed by atoms with Crippen LogP contribution in [0.4, 0.5) is 28.3 Å². The molecule has 9 nitrogen and oxygen atoms in total. The van der Waals surface area contributed by atoms with Crippen molar-refractivity contribution >= 4 is 38.6 Å². The maximum atomic E-state index is 14.2. The molecule has 5 rings (SSSR count). The van der Waals surface area contributed by atoms with E-state index in [4.69, 9.17) is 0 Å². The van der Waals surface area contributed by atoms with Gasteiger partial charge in [0.05, 0.1) is 25.3 Å². The lowest BCUT2D eigenvalue weighted by molar-refractivity contribution is -0.113. The van der Waals surface area contributed by atoms with Crippen molar-refractivity contribution in [2.24, 2.45) is 5.10 Å². The van der Waals surface area contributed by atoms with Crippen LogP contribution in [0.2, 0.25) is 0 Å². The minimum atomic E-state index is -2.98. The zero-order valence-corrected chi connectivity index (χ0v) is 20.1. The summed E-state index contributed by atoms with van der Waals surface area (Å²) in [6, 6.07) is 3.80. The fourth-order valence-corrected chi connectivity index (χ4v) is 4.76. The van der Waals surface area contributed by atoms with Crippen LogP contribution in [-0.4, -0.2) is 88.1 Å². The molecule has 190 valence electrons. The van der Waals surface area contributed by atoms with Crippen LogP contribution < -0.4 is 10.2 Å². The number of likely N-dealkylation sites (tertiary alicyclic amines) is 1. The third kappa shape index (κ3) is 4.71. The molecule has 2 aromatic rings. The molecule has 2 fully saturated rings. The highest BCUT2D eigenvalue weighted by atomic mass is 31.0. The lowest BCUT2D eigenvalue weighted by Gasteiger charge is -2.38. The summed E-state index contributed by atoms with van der Waals surface area (Å²) in [6.45, 7) is -0.413. The van der Waals surface area contributed by atoms with Crippen LogP contribution in [0.3, 0.4) is 0 Å². The van der Waals surface area contributed by atoms with Gasteiger partial charge in [0.25, 0.3) is 11.8 Å². The van der Waals surface area contributed by atoms with Gasteiger partial charge in [-0.2, -0.15) is 5.10 Å². The Bertz CT molecular complexity index is 1210. The van der Waals surface area contributed by atoms with Gasteiger partial charge in [0.15, 0.2) is 11.5 Å². The van der Waals surface area contributed by atoms with Crippen LogP contribution in [0.15, 0.2) is 29.5 Å². The van der Waals surface area contributed by atoms with Gasteiger partial charge in [-0.1, -0.05) is 0 Å². The number of amides is 3. The van der Waals surface area contributed by atoms with Gasteiger partial charge in [0, 0.05) is 38.8 Å². The minimum absolute atomic E-state index is 0.0731. The van der Waals surface area contributed by atoms with E-state index in [2.05, 4.69) is 24.3 Å². The first kappa shape index (κ1) is 24.4. The largest absolute Gasteiger partial charge is 0.341 e. The van der Waals surface area contributed by atoms with E-state index >= 15 is 0 Å². The molecular weight excluding hydrogens is 501 g/mol. The third-order valence-corrected chi connectivity index (χ3v) is 6.59. The van der Waals surface area contributed by atoms with E-state index in [-0.39, 0.29) is 25.1 Å². The average Bonchev–Trinajstić information content (AvgIpc) is 3.31. The van der Waals surface area contributed by atoms with Crippen LogP contribution in [-0.2, 0) is 0 Å². The third-order valence-electron chi connectivity index (χ3n) is 6.25. The first-order chi connectivity index (χ1) is 17.1. The summed E-state index contributed by atoms with van der Waals surface area (Å²) in [5.41, 5.74) is 0.0770. The van der Waals surface area contributed by atoms with Crippen molar-refractivity contribution in [3.05, 3.63) is 47.3 Å². The first-order valence-corrected chi connectivity index (χ1v) is 11.8. The first-order valence-electron chi connectivity index (χ1n) is 11.2. The van der Waals surface area contributed by atoms with E-state index in [1.807, 2.05) is 0 Å². The van der Waals surface area contributed by atoms with Gasteiger partial charge in [0.1, 0.15) is 5.82 Å². The summed E-state index contributed by atoms with van der Waals surface area (Å²) in [5.74, 6) is -5.21. The van der Waals surface area contributed by atoms with E-state index in [1.54, 1.807) is 22.1 Å². The second-order valence-corrected chi connectivity index (χ2v) is 9.52. The molecule has 36 heavy (non-hydrogen) atoms. The maximum Gasteiger partial charge on any atom is 0.341 e. The molecule has 1 aromatic carbocycles. The highest BCUT2D eigenvalue weighted by Gasteiger charge is 2.47. The van der Waals surface area contributed by atoms with Crippen LogP contribution in [0.1, 0.15) is 28.5 Å². The zero-order valence-electron chi connectivity index (χ0n) is 19.0. The van der Waals surface area contributed by atoms with Crippen LogP contribution >= 0.6 is 9.24 Å². The van der Waals surface area contributed by atoms with Crippen molar-refractivity contribution in [3.8, 4) is 0 Å². The van der Waals surface area contributed by atoms with Gasteiger partial charge in [-0.05, 0) is 29.1 Å². The van der Waals surface area contributed by atoms with Gasteiger partial charge in [0.2, 0.25) is 5.95 Å². The molecule has 0 spiro atoms. The Kier molecular flexibility index (Phi) is 6.27. The molecule has 3 aliphatic heterocycles. The number of aromatic nitrogens is 2. The van der Waals surface area contributed by atoms with E-state index in [1.165, 1.54) is 17.1 Å². The van der Waals surface area contributed by atoms with E-state index in [9.17, 15) is 27.2 Å². The number of hydrazone groups is 1. The fourth-order valence-electron chi connectivity index (χ4n) is 4.41. The SMILES string of the molecule is O=C(c1nc(N2CCN(C(=O)N3N=CCC3c3cc(F)cc(P)c3)CC2)ncc1F)N1CC(F)(F)C1. The second-order valence-electron chi connectivity index (χ2n) is 8.85. The number of carbonyl (C=O) groups is 2. The highest BCUT2D eigenvalue weighted by molar-refractivity contribution is 7.27. The zero-order chi connectivity index (χ0) is 25.6. The predicted molar refractivity (Wildman–Crippen MR) is 125 cm³/mol. The average molecular weight is 523 g/mol. The molecule has 2 atom stereocenters. The fraction of sp³-hybridized carbons (Fsp3) is 0.409. The quantitative estimate of drug-likeness (QED) is 0.454. The molecule has 0 saturated carbocycles. The lowest BCUT2D eigenvalue weighted by atomic mass is 10.0. The number of benzene rings is 1.